The number of carbonyl (C=O) groups is 1. The average molecular weight is 326 g/mol. The van der Waals surface area contributed by atoms with Crippen LogP contribution in [0.3, 0.4) is 0 Å². The fourth-order valence-electron chi connectivity index (χ4n) is 2.16. The first-order valence-corrected chi connectivity index (χ1v) is 7.06. The molecule has 0 bridgehead atoms. The third kappa shape index (κ3) is 3.20. The van der Waals surface area contributed by atoms with Gasteiger partial charge < -0.3 is 4.90 Å². The molecule has 2 nitrogen and oxygen atoms in total. The van der Waals surface area contributed by atoms with Gasteiger partial charge in [-0.2, -0.15) is 0 Å². The first-order valence-electron chi connectivity index (χ1n) is 6.31. The SMILES string of the molecule is Cc1ccc(N(C)C(=O)c2cc(F)c(Cl)cc2Cl)c(C)c1. The van der Waals surface area contributed by atoms with Crippen LogP contribution in [0.1, 0.15) is 21.5 Å². The molecule has 0 unspecified atom stereocenters. The summed E-state index contributed by atoms with van der Waals surface area (Å²) in [5.41, 5.74) is 2.89. The lowest BCUT2D eigenvalue weighted by atomic mass is 10.1. The minimum absolute atomic E-state index is 0.0843. The van der Waals surface area contributed by atoms with E-state index in [-0.39, 0.29) is 21.5 Å². The summed E-state index contributed by atoms with van der Waals surface area (Å²) in [6, 6.07) is 8.04. The van der Waals surface area contributed by atoms with Gasteiger partial charge in [0.1, 0.15) is 5.82 Å². The fraction of sp³-hybridized carbons (Fsp3) is 0.188. The van der Waals surface area contributed by atoms with Crippen molar-refractivity contribution in [3.63, 3.8) is 0 Å². The average Bonchev–Trinajstić information content (AvgIpc) is 2.41. The molecule has 110 valence electrons. The van der Waals surface area contributed by atoms with Crippen molar-refractivity contribution in [2.24, 2.45) is 0 Å². The smallest absolute Gasteiger partial charge is 0.259 e. The van der Waals surface area contributed by atoms with Gasteiger partial charge in [0, 0.05) is 12.7 Å². The van der Waals surface area contributed by atoms with Gasteiger partial charge in [-0.1, -0.05) is 40.9 Å². The minimum atomic E-state index is -0.668. The van der Waals surface area contributed by atoms with E-state index in [2.05, 4.69) is 0 Å². The van der Waals surface area contributed by atoms with Crippen molar-refractivity contribution in [2.45, 2.75) is 13.8 Å². The summed E-state index contributed by atoms with van der Waals surface area (Å²) in [6.07, 6.45) is 0. The van der Waals surface area contributed by atoms with E-state index in [1.54, 1.807) is 7.05 Å². The Kier molecular flexibility index (Phi) is 4.55. The topological polar surface area (TPSA) is 20.3 Å². The van der Waals surface area contributed by atoms with Crippen LogP contribution in [0.2, 0.25) is 10.0 Å². The number of carbonyl (C=O) groups excluding carboxylic acids is 1. The van der Waals surface area contributed by atoms with Crippen LogP contribution in [0.15, 0.2) is 30.3 Å². The van der Waals surface area contributed by atoms with Gasteiger partial charge >= 0.3 is 0 Å². The number of hydrogen-bond donors (Lipinski definition) is 0. The molecule has 0 heterocycles. The van der Waals surface area contributed by atoms with Crippen LogP contribution < -0.4 is 4.90 Å². The number of amides is 1. The van der Waals surface area contributed by atoms with Crippen molar-refractivity contribution >= 4 is 34.8 Å². The predicted octanol–water partition coefficient (Wildman–Crippen LogP) is 5.03. The van der Waals surface area contributed by atoms with Crippen LogP contribution in [0, 0.1) is 19.7 Å². The molecular weight excluding hydrogens is 312 g/mol. The van der Waals surface area contributed by atoms with E-state index in [1.807, 2.05) is 32.0 Å². The minimum Gasteiger partial charge on any atom is -0.311 e. The highest BCUT2D eigenvalue weighted by atomic mass is 35.5. The number of nitrogens with zero attached hydrogens (tertiary/aromatic N) is 1. The van der Waals surface area contributed by atoms with Crippen molar-refractivity contribution in [1.82, 2.24) is 0 Å². The van der Waals surface area contributed by atoms with Crippen LogP contribution in [0.5, 0.6) is 0 Å². The van der Waals surface area contributed by atoms with E-state index in [1.165, 1.54) is 11.0 Å². The molecular formula is C16H14Cl2FNO. The normalized spacial score (nSPS) is 10.6. The second-order valence-electron chi connectivity index (χ2n) is 4.90. The lowest BCUT2D eigenvalue weighted by Crippen LogP contribution is -2.27. The maximum absolute atomic E-state index is 13.6. The number of hydrogen-bond acceptors (Lipinski definition) is 1. The van der Waals surface area contributed by atoms with E-state index in [0.717, 1.165) is 22.9 Å². The van der Waals surface area contributed by atoms with Gasteiger partial charge in [0.05, 0.1) is 15.6 Å². The van der Waals surface area contributed by atoms with Crippen LogP contribution in [0.25, 0.3) is 0 Å². The zero-order chi connectivity index (χ0) is 15.7. The molecule has 21 heavy (non-hydrogen) atoms. The molecule has 0 aliphatic rings. The summed E-state index contributed by atoms with van der Waals surface area (Å²) in [4.78, 5) is 13.9. The zero-order valence-electron chi connectivity index (χ0n) is 11.9. The highest BCUT2D eigenvalue weighted by Gasteiger charge is 2.20. The zero-order valence-corrected chi connectivity index (χ0v) is 13.4. The monoisotopic (exact) mass is 325 g/mol. The summed E-state index contributed by atoms with van der Waals surface area (Å²) in [5, 5.41) is 0.0220. The Bertz CT molecular complexity index is 716. The molecule has 2 aromatic rings. The molecule has 0 saturated heterocycles. The molecule has 0 radical (unpaired) electrons. The number of rotatable bonds is 2. The van der Waals surface area contributed by atoms with Gasteiger partial charge in [0.2, 0.25) is 0 Å². The van der Waals surface area contributed by atoms with Gasteiger partial charge in [-0.15, -0.1) is 0 Å². The van der Waals surface area contributed by atoms with Crippen LogP contribution in [-0.2, 0) is 0 Å². The lowest BCUT2D eigenvalue weighted by Gasteiger charge is -2.20. The number of anilines is 1. The first kappa shape index (κ1) is 15.8. The summed E-state index contributed by atoms with van der Waals surface area (Å²) >= 11 is 11.6. The first-order chi connectivity index (χ1) is 9.81. The highest BCUT2D eigenvalue weighted by Crippen LogP contribution is 2.27. The molecule has 1 amide bonds. The van der Waals surface area contributed by atoms with E-state index in [0.29, 0.717) is 0 Å². The van der Waals surface area contributed by atoms with E-state index in [4.69, 9.17) is 23.2 Å². The van der Waals surface area contributed by atoms with Crippen LogP contribution in [-0.4, -0.2) is 13.0 Å². The van der Waals surface area contributed by atoms with Gasteiger partial charge in [0.15, 0.2) is 0 Å². The maximum Gasteiger partial charge on any atom is 0.259 e. The van der Waals surface area contributed by atoms with Crippen molar-refractivity contribution < 1.29 is 9.18 Å². The van der Waals surface area contributed by atoms with Crippen molar-refractivity contribution in [3.05, 3.63) is 62.9 Å². The van der Waals surface area contributed by atoms with E-state index in [9.17, 15) is 9.18 Å². The molecule has 0 fully saturated rings. The molecule has 0 spiro atoms. The molecule has 0 N–H and O–H groups in total. The largest absolute Gasteiger partial charge is 0.311 e. The van der Waals surface area contributed by atoms with Crippen molar-refractivity contribution in [2.75, 3.05) is 11.9 Å². The van der Waals surface area contributed by atoms with Crippen molar-refractivity contribution in [3.8, 4) is 0 Å². The molecule has 5 heteroatoms. The van der Waals surface area contributed by atoms with Gasteiger partial charge in [-0.25, -0.2) is 4.39 Å². The van der Waals surface area contributed by atoms with Gasteiger partial charge in [-0.3, -0.25) is 4.79 Å². The lowest BCUT2D eigenvalue weighted by molar-refractivity contribution is 0.0992. The Morgan fingerprint density at radius 2 is 1.76 bits per heavy atom. The Morgan fingerprint density at radius 3 is 2.38 bits per heavy atom. The molecule has 0 saturated carbocycles. The molecule has 2 rings (SSSR count). The summed E-state index contributed by atoms with van der Waals surface area (Å²) < 4.78 is 13.6. The Labute approximate surface area is 133 Å². The Morgan fingerprint density at radius 1 is 1.10 bits per heavy atom. The standard InChI is InChI=1S/C16H14Cl2FNO/c1-9-4-5-15(10(2)6-9)20(3)16(21)11-7-14(19)13(18)8-12(11)17/h4-8H,1-3H3. The van der Waals surface area contributed by atoms with E-state index >= 15 is 0 Å². The van der Waals surface area contributed by atoms with Gasteiger partial charge in [-0.05, 0) is 37.6 Å². The summed E-state index contributed by atoms with van der Waals surface area (Å²) in [6.45, 7) is 3.89. The molecule has 0 aromatic heterocycles. The number of halogens is 3. The molecule has 2 aromatic carbocycles. The Hall–Kier alpha value is -1.58. The van der Waals surface area contributed by atoms with Crippen LogP contribution in [0.4, 0.5) is 10.1 Å². The van der Waals surface area contributed by atoms with Crippen LogP contribution >= 0.6 is 23.2 Å². The Balaban J connectivity index is 2.42. The number of aryl methyl sites for hydroxylation is 2. The maximum atomic E-state index is 13.6. The van der Waals surface area contributed by atoms with Gasteiger partial charge in [0.25, 0.3) is 5.91 Å². The third-order valence-corrected chi connectivity index (χ3v) is 3.86. The molecule has 0 aliphatic heterocycles. The van der Waals surface area contributed by atoms with Crippen molar-refractivity contribution in [1.29, 1.82) is 0 Å². The molecule has 0 aliphatic carbocycles. The molecule has 0 atom stereocenters. The number of benzene rings is 2. The summed E-state index contributed by atoms with van der Waals surface area (Å²) in [7, 11) is 1.63. The quantitative estimate of drug-likeness (QED) is 0.709. The summed E-state index contributed by atoms with van der Waals surface area (Å²) in [5.74, 6) is -1.05. The predicted molar refractivity (Wildman–Crippen MR) is 85.1 cm³/mol. The fourth-order valence-corrected chi connectivity index (χ4v) is 2.62. The third-order valence-electron chi connectivity index (χ3n) is 3.26. The second-order valence-corrected chi connectivity index (χ2v) is 5.71. The van der Waals surface area contributed by atoms with E-state index < -0.39 is 5.82 Å². The highest BCUT2D eigenvalue weighted by molar-refractivity contribution is 6.37. The second kappa shape index (κ2) is 6.04.